The molecule has 1 amide bonds. The second-order valence-electron chi connectivity index (χ2n) is 15.4. The third-order valence-electron chi connectivity index (χ3n) is 10.9. The van der Waals surface area contributed by atoms with Crippen molar-refractivity contribution in [3.63, 3.8) is 0 Å². The molecule has 6 rings (SSSR count). The van der Waals surface area contributed by atoms with Crippen LogP contribution in [0.4, 0.5) is 10.1 Å². The molecule has 2 saturated heterocycles. The minimum atomic E-state index is -1.31. The van der Waals surface area contributed by atoms with Crippen LogP contribution in [0.5, 0.6) is 5.75 Å². The molecule has 62 heavy (non-hydrogen) atoms. The van der Waals surface area contributed by atoms with Gasteiger partial charge in [-0.25, -0.2) is 4.39 Å². The highest BCUT2D eigenvalue weighted by Crippen LogP contribution is 2.49. The Hall–Kier alpha value is -6.12. The van der Waals surface area contributed by atoms with Crippen LogP contribution in [0.25, 0.3) is 11.1 Å². The molecule has 2 aliphatic rings. The predicted octanol–water partition coefficient (Wildman–Crippen LogP) is 7.69. The zero-order valence-corrected chi connectivity index (χ0v) is 35.4. The lowest BCUT2D eigenvalue weighted by Crippen LogP contribution is -2.59. The van der Waals surface area contributed by atoms with E-state index in [4.69, 9.17) is 28.4 Å². The molecular weight excluding hydrogens is 802 g/mol. The molecule has 0 bridgehead atoms. The summed E-state index contributed by atoms with van der Waals surface area (Å²) in [5.41, 5.74) is 4.23. The topological polar surface area (TPSA) is 164 Å². The number of halogens is 1. The van der Waals surface area contributed by atoms with E-state index in [9.17, 15) is 33.5 Å². The monoisotopic (exact) mass is 853 g/mol. The van der Waals surface area contributed by atoms with Gasteiger partial charge in [0.15, 0.2) is 18.3 Å². The van der Waals surface area contributed by atoms with E-state index < -0.39 is 78.3 Å². The summed E-state index contributed by atoms with van der Waals surface area (Å²) in [5.74, 6) is -3.09. The number of amides is 1. The van der Waals surface area contributed by atoms with Crippen LogP contribution in [0.1, 0.15) is 95.2 Å². The number of para-hydroxylation sites is 1. The van der Waals surface area contributed by atoms with Gasteiger partial charge < -0.3 is 38.4 Å². The van der Waals surface area contributed by atoms with Crippen molar-refractivity contribution in [2.45, 2.75) is 103 Å². The molecule has 13 nitrogen and oxygen atoms in total. The number of carbonyl (C=O) groups is 5. The van der Waals surface area contributed by atoms with Crippen molar-refractivity contribution in [2.24, 2.45) is 5.92 Å². The Bertz CT molecular complexity index is 2200. The second kappa shape index (κ2) is 20.6. The van der Waals surface area contributed by atoms with E-state index in [1.54, 1.807) is 29.2 Å². The third kappa shape index (κ3) is 10.8. The number of anilines is 1. The van der Waals surface area contributed by atoms with E-state index in [0.717, 1.165) is 35.2 Å². The molecule has 2 heterocycles. The van der Waals surface area contributed by atoms with Crippen LogP contribution in [-0.4, -0.2) is 72.5 Å². The van der Waals surface area contributed by atoms with Gasteiger partial charge in [0, 0.05) is 38.9 Å². The summed E-state index contributed by atoms with van der Waals surface area (Å²) in [5, 5.41) is 11.0. The van der Waals surface area contributed by atoms with Gasteiger partial charge in [-0.05, 0) is 71.8 Å². The van der Waals surface area contributed by atoms with Crippen molar-refractivity contribution in [1.29, 1.82) is 0 Å². The highest BCUT2D eigenvalue weighted by Gasteiger charge is 2.53. The van der Waals surface area contributed by atoms with E-state index in [2.05, 4.69) is 6.92 Å². The number of aliphatic hydroxyl groups excluding tert-OH is 1. The van der Waals surface area contributed by atoms with Crippen molar-refractivity contribution in [3.05, 3.63) is 120 Å². The first-order chi connectivity index (χ1) is 29.7. The van der Waals surface area contributed by atoms with Gasteiger partial charge in [-0.15, -0.1) is 0 Å². The van der Waals surface area contributed by atoms with Crippen LogP contribution in [0.3, 0.4) is 0 Å². The summed E-state index contributed by atoms with van der Waals surface area (Å²) < 4.78 is 48.5. The molecule has 0 radical (unpaired) electrons. The molecule has 2 aliphatic heterocycles. The maximum Gasteiger partial charge on any atom is 0.303 e. The Morgan fingerprint density at radius 2 is 1.40 bits per heavy atom. The molecule has 2 fully saturated rings. The second-order valence-corrected chi connectivity index (χ2v) is 15.4. The Labute approximate surface area is 360 Å². The fourth-order valence-corrected chi connectivity index (χ4v) is 8.02. The molecule has 1 N–H and O–H groups in total. The largest absolute Gasteiger partial charge is 0.493 e. The fraction of sp³-hybridized carbons (Fsp3) is 0.396. The van der Waals surface area contributed by atoms with E-state index in [1.165, 1.54) is 39.8 Å². The molecule has 8 atom stereocenters. The summed E-state index contributed by atoms with van der Waals surface area (Å²) >= 11 is 0. The van der Waals surface area contributed by atoms with Gasteiger partial charge in [-0.2, -0.15) is 0 Å². The van der Waals surface area contributed by atoms with Crippen molar-refractivity contribution in [1.82, 2.24) is 0 Å². The van der Waals surface area contributed by atoms with Gasteiger partial charge in [-0.1, -0.05) is 80.1 Å². The smallest absolute Gasteiger partial charge is 0.303 e. The van der Waals surface area contributed by atoms with Crippen LogP contribution < -0.4 is 9.64 Å². The number of nitrogens with zero attached hydrogens (tertiary/aromatic N) is 1. The zero-order chi connectivity index (χ0) is 44.5. The number of aliphatic hydroxyl groups is 1. The van der Waals surface area contributed by atoms with E-state index in [1.807, 2.05) is 60.7 Å². The average molecular weight is 854 g/mol. The first kappa shape index (κ1) is 45.4. The number of hydrogen-bond acceptors (Lipinski definition) is 12. The van der Waals surface area contributed by atoms with Gasteiger partial charge >= 0.3 is 23.9 Å². The number of β-lactam (4-membered cyclic amide) rings is 1. The molecule has 0 spiro atoms. The first-order valence-corrected chi connectivity index (χ1v) is 20.7. The standard InChI is InChI=1S/C48H52FNO12/c1-6-7-25-57-41-26-35(19-22-38(41)43-39(48(56)50(43)37-11-9-8-10-12-37)23-24-40(55)33-17-20-36(49)21-18-33)32-13-15-34(16-14-32)44-46(60-30(4)53)47(61-31(5)54)45(59-29(3)52)42(62-44)27-58-28(2)51/h8-22,26,39-40,42-47,55H,6-7,23-25,27H2,1-5H3/t39-,40-,42+,43-,44?,45+,46-,47-/m0/s1. The number of benzene rings is 4. The average Bonchev–Trinajstić information content (AvgIpc) is 3.24. The highest BCUT2D eigenvalue weighted by atomic mass is 19.1. The van der Waals surface area contributed by atoms with Crippen LogP contribution in [0.2, 0.25) is 0 Å². The summed E-state index contributed by atoms with van der Waals surface area (Å²) in [6.45, 7) is 6.91. The van der Waals surface area contributed by atoms with Gasteiger partial charge in [0.25, 0.3) is 0 Å². The molecule has 328 valence electrons. The molecule has 0 aromatic heterocycles. The maximum absolute atomic E-state index is 13.9. The number of carbonyl (C=O) groups excluding carboxylic acids is 5. The normalized spacial score (nSPS) is 22.5. The predicted molar refractivity (Wildman–Crippen MR) is 224 cm³/mol. The zero-order valence-electron chi connectivity index (χ0n) is 35.4. The van der Waals surface area contributed by atoms with Crippen molar-refractivity contribution in [3.8, 4) is 16.9 Å². The minimum Gasteiger partial charge on any atom is -0.493 e. The SMILES string of the molecule is CCCCOc1cc(-c2ccc(C3O[C@H](COC(C)=O)[C@@H](OC(C)=O)[C@H](OC(C)=O)[C@H]3OC(C)=O)cc2)ccc1[C@H]1[C@H](CC[C@H](O)c2ccc(F)cc2)C(=O)N1c1ccccc1. The van der Waals surface area contributed by atoms with Gasteiger partial charge in [0.1, 0.15) is 30.4 Å². The summed E-state index contributed by atoms with van der Waals surface area (Å²) in [6.07, 6.45) is -4.49. The van der Waals surface area contributed by atoms with Gasteiger partial charge in [0.05, 0.1) is 24.7 Å². The molecule has 0 saturated carbocycles. The first-order valence-electron chi connectivity index (χ1n) is 20.7. The molecular formula is C48H52FNO12. The van der Waals surface area contributed by atoms with Crippen molar-refractivity contribution >= 4 is 35.5 Å². The van der Waals surface area contributed by atoms with Crippen LogP contribution >= 0.6 is 0 Å². The fourth-order valence-electron chi connectivity index (χ4n) is 8.02. The maximum atomic E-state index is 13.9. The summed E-state index contributed by atoms with van der Waals surface area (Å²) in [6, 6.07) is 27.8. The summed E-state index contributed by atoms with van der Waals surface area (Å²) in [4.78, 5) is 64.5. The lowest BCUT2D eigenvalue weighted by Gasteiger charge is -2.48. The molecule has 4 aromatic rings. The van der Waals surface area contributed by atoms with E-state index in [0.29, 0.717) is 29.9 Å². The highest BCUT2D eigenvalue weighted by molar-refractivity contribution is 6.03. The van der Waals surface area contributed by atoms with Gasteiger partial charge in [0.2, 0.25) is 5.91 Å². The van der Waals surface area contributed by atoms with Crippen LogP contribution in [0, 0.1) is 11.7 Å². The lowest BCUT2D eigenvalue weighted by molar-refractivity contribution is -0.254. The molecule has 0 aliphatic carbocycles. The number of esters is 4. The van der Waals surface area contributed by atoms with Gasteiger partial charge in [-0.3, -0.25) is 24.0 Å². The molecule has 4 aromatic carbocycles. The number of unbranched alkanes of at least 4 members (excludes halogenated alkanes) is 1. The Morgan fingerprint density at radius 3 is 2.03 bits per heavy atom. The lowest BCUT2D eigenvalue weighted by atomic mass is 9.77. The molecule has 14 heteroatoms. The minimum absolute atomic E-state index is 0.0751. The Balaban J connectivity index is 1.33. The number of ether oxygens (including phenoxy) is 6. The van der Waals surface area contributed by atoms with Crippen molar-refractivity contribution < 1.29 is 61.9 Å². The van der Waals surface area contributed by atoms with Crippen molar-refractivity contribution in [2.75, 3.05) is 18.1 Å². The summed E-state index contributed by atoms with van der Waals surface area (Å²) in [7, 11) is 0. The van der Waals surface area contributed by atoms with Crippen LogP contribution in [0.15, 0.2) is 97.1 Å². The van der Waals surface area contributed by atoms with Crippen LogP contribution in [-0.2, 0) is 47.7 Å². The Kier molecular flexibility index (Phi) is 15.1. The molecule has 1 unspecified atom stereocenters. The van der Waals surface area contributed by atoms with E-state index >= 15 is 0 Å². The number of hydrogen-bond donors (Lipinski definition) is 1. The van der Waals surface area contributed by atoms with E-state index in [-0.39, 0.29) is 18.9 Å². The Morgan fingerprint density at radius 1 is 0.774 bits per heavy atom. The third-order valence-corrected chi connectivity index (χ3v) is 10.9. The quantitative estimate of drug-likeness (QED) is 0.0478. The number of rotatable bonds is 17.